The zero-order valence-corrected chi connectivity index (χ0v) is 12.9. The quantitative estimate of drug-likeness (QED) is 0.738. The van der Waals surface area contributed by atoms with Crippen molar-refractivity contribution in [1.29, 1.82) is 0 Å². The van der Waals surface area contributed by atoms with E-state index in [0.717, 1.165) is 10.9 Å². The Balaban J connectivity index is 1.83. The van der Waals surface area contributed by atoms with Crippen LogP contribution in [0, 0.1) is 5.92 Å². The Hall–Kier alpha value is -2.07. The van der Waals surface area contributed by atoms with Gasteiger partial charge in [-0.3, -0.25) is 4.79 Å². The first kappa shape index (κ1) is 13.9. The molecule has 0 saturated carbocycles. The lowest BCUT2D eigenvalue weighted by Crippen LogP contribution is -2.31. The summed E-state index contributed by atoms with van der Waals surface area (Å²) < 4.78 is 0. The van der Waals surface area contributed by atoms with E-state index in [0.29, 0.717) is 11.5 Å². The van der Waals surface area contributed by atoms with E-state index in [9.17, 15) is 4.79 Å². The molecule has 2 heterocycles. The second-order valence-corrected chi connectivity index (χ2v) is 6.47. The lowest BCUT2D eigenvalue weighted by molar-refractivity contribution is 0.0926. The van der Waals surface area contributed by atoms with Crippen molar-refractivity contribution < 1.29 is 4.79 Å². The Kier molecular flexibility index (Phi) is 3.80. The molecule has 3 nitrogen and oxygen atoms in total. The summed E-state index contributed by atoms with van der Waals surface area (Å²) in [5, 5.41) is 6.31. The van der Waals surface area contributed by atoms with Gasteiger partial charge in [0.15, 0.2) is 0 Å². The third-order valence-corrected chi connectivity index (χ3v) is 4.58. The van der Waals surface area contributed by atoms with E-state index in [4.69, 9.17) is 0 Å². The van der Waals surface area contributed by atoms with Gasteiger partial charge in [-0.05, 0) is 40.9 Å². The number of thiophene rings is 1. The van der Waals surface area contributed by atoms with Gasteiger partial charge < -0.3 is 10.3 Å². The summed E-state index contributed by atoms with van der Waals surface area (Å²) in [5.41, 5.74) is 1.67. The molecule has 2 aromatic heterocycles. The van der Waals surface area contributed by atoms with Crippen LogP contribution in [0.25, 0.3) is 10.9 Å². The number of hydrogen-bond acceptors (Lipinski definition) is 2. The van der Waals surface area contributed by atoms with Crippen molar-refractivity contribution in [2.75, 3.05) is 0 Å². The maximum atomic E-state index is 12.5. The third-order valence-electron chi connectivity index (χ3n) is 3.62. The molecule has 21 heavy (non-hydrogen) atoms. The molecular weight excluding hydrogens is 280 g/mol. The molecule has 0 unspecified atom stereocenters. The minimum Gasteiger partial charge on any atom is -0.361 e. The minimum atomic E-state index is -0.0291. The Morgan fingerprint density at radius 2 is 2.10 bits per heavy atom. The molecule has 0 aliphatic carbocycles. The van der Waals surface area contributed by atoms with Crippen LogP contribution in [0.15, 0.2) is 48.0 Å². The normalized spacial score (nSPS) is 12.7. The molecule has 0 aliphatic rings. The number of rotatable bonds is 4. The molecule has 108 valence electrons. The van der Waals surface area contributed by atoms with Gasteiger partial charge in [0.2, 0.25) is 0 Å². The summed E-state index contributed by atoms with van der Waals surface area (Å²) in [7, 11) is 0. The number of fused-ring (bicyclic) bond motifs is 1. The molecule has 3 rings (SSSR count). The van der Waals surface area contributed by atoms with Crippen LogP contribution in [0.5, 0.6) is 0 Å². The highest BCUT2D eigenvalue weighted by molar-refractivity contribution is 7.10. The molecule has 4 heteroatoms. The SMILES string of the molecule is CC(C)[C@H](NC(=O)c1ccc2cc[nH]c2c1)c1cccs1. The summed E-state index contributed by atoms with van der Waals surface area (Å²) in [5.74, 6) is 0.320. The fourth-order valence-electron chi connectivity index (χ4n) is 2.45. The first-order valence-electron chi connectivity index (χ1n) is 7.06. The fraction of sp³-hybridized carbons (Fsp3) is 0.235. The lowest BCUT2D eigenvalue weighted by atomic mass is 10.0. The smallest absolute Gasteiger partial charge is 0.251 e. The Morgan fingerprint density at radius 3 is 2.81 bits per heavy atom. The van der Waals surface area contributed by atoms with Crippen LogP contribution in [0.3, 0.4) is 0 Å². The molecule has 0 bridgehead atoms. The molecule has 0 fully saturated rings. The summed E-state index contributed by atoms with van der Waals surface area (Å²) in [6.07, 6.45) is 1.88. The minimum absolute atomic E-state index is 0.0291. The zero-order valence-electron chi connectivity index (χ0n) is 12.1. The first-order valence-corrected chi connectivity index (χ1v) is 7.94. The van der Waals surface area contributed by atoms with Crippen molar-refractivity contribution in [3.63, 3.8) is 0 Å². The first-order chi connectivity index (χ1) is 10.1. The van der Waals surface area contributed by atoms with Gasteiger partial charge in [-0.2, -0.15) is 0 Å². The van der Waals surface area contributed by atoms with E-state index < -0.39 is 0 Å². The molecule has 1 aromatic carbocycles. The molecule has 0 saturated heterocycles. The van der Waals surface area contributed by atoms with Crippen molar-refractivity contribution in [2.45, 2.75) is 19.9 Å². The molecule has 0 radical (unpaired) electrons. The molecular formula is C17H18N2OS. The van der Waals surface area contributed by atoms with Gasteiger partial charge in [0, 0.05) is 22.2 Å². The van der Waals surface area contributed by atoms with E-state index in [1.165, 1.54) is 4.88 Å². The monoisotopic (exact) mass is 298 g/mol. The largest absolute Gasteiger partial charge is 0.361 e. The zero-order chi connectivity index (χ0) is 14.8. The number of hydrogen-bond donors (Lipinski definition) is 2. The van der Waals surface area contributed by atoms with Crippen LogP contribution in [-0.4, -0.2) is 10.9 Å². The highest BCUT2D eigenvalue weighted by Gasteiger charge is 2.20. The molecule has 1 amide bonds. The van der Waals surface area contributed by atoms with Crippen LogP contribution in [0.4, 0.5) is 0 Å². The molecule has 3 aromatic rings. The van der Waals surface area contributed by atoms with Crippen LogP contribution in [0.1, 0.15) is 35.1 Å². The molecule has 2 N–H and O–H groups in total. The van der Waals surface area contributed by atoms with Crippen molar-refractivity contribution in [1.82, 2.24) is 10.3 Å². The molecule has 0 spiro atoms. The number of nitrogens with one attached hydrogen (secondary N) is 2. The van der Waals surface area contributed by atoms with Crippen molar-refractivity contribution in [3.8, 4) is 0 Å². The Bertz CT molecular complexity index is 743. The highest BCUT2D eigenvalue weighted by atomic mass is 32.1. The van der Waals surface area contributed by atoms with Crippen molar-refractivity contribution >= 4 is 28.1 Å². The van der Waals surface area contributed by atoms with Crippen LogP contribution in [-0.2, 0) is 0 Å². The van der Waals surface area contributed by atoms with Gasteiger partial charge in [0.25, 0.3) is 5.91 Å². The number of amides is 1. The number of benzene rings is 1. The predicted octanol–water partition coefficient (Wildman–Crippen LogP) is 4.36. The van der Waals surface area contributed by atoms with Gasteiger partial charge >= 0.3 is 0 Å². The topological polar surface area (TPSA) is 44.9 Å². The van der Waals surface area contributed by atoms with Crippen LogP contribution in [0.2, 0.25) is 0 Å². The molecule has 1 atom stereocenters. The van der Waals surface area contributed by atoms with E-state index in [-0.39, 0.29) is 11.9 Å². The van der Waals surface area contributed by atoms with E-state index in [2.05, 4.69) is 30.2 Å². The number of carbonyl (C=O) groups excluding carboxylic acids is 1. The standard InChI is InChI=1S/C17H18N2OS/c1-11(2)16(15-4-3-9-21-15)19-17(20)13-6-5-12-7-8-18-14(12)10-13/h3-11,16,18H,1-2H3,(H,19,20)/t16-/m0/s1. The number of carbonyl (C=O) groups is 1. The van der Waals surface area contributed by atoms with Crippen molar-refractivity contribution in [2.24, 2.45) is 5.92 Å². The van der Waals surface area contributed by atoms with Gasteiger partial charge in [0.1, 0.15) is 0 Å². The Labute approximate surface area is 128 Å². The number of aromatic nitrogens is 1. The average Bonchev–Trinajstić information content (AvgIpc) is 3.14. The number of aromatic amines is 1. The van der Waals surface area contributed by atoms with E-state index in [1.54, 1.807) is 11.3 Å². The summed E-state index contributed by atoms with van der Waals surface area (Å²) in [4.78, 5) is 16.8. The summed E-state index contributed by atoms with van der Waals surface area (Å²) in [6, 6.07) is 11.9. The maximum absolute atomic E-state index is 12.5. The highest BCUT2D eigenvalue weighted by Crippen LogP contribution is 2.26. The third kappa shape index (κ3) is 2.85. The Morgan fingerprint density at radius 1 is 1.24 bits per heavy atom. The average molecular weight is 298 g/mol. The van der Waals surface area contributed by atoms with Gasteiger partial charge in [-0.1, -0.05) is 26.0 Å². The summed E-state index contributed by atoms with van der Waals surface area (Å²) in [6.45, 7) is 4.25. The maximum Gasteiger partial charge on any atom is 0.251 e. The van der Waals surface area contributed by atoms with Crippen LogP contribution >= 0.6 is 11.3 Å². The number of H-pyrrole nitrogens is 1. The second kappa shape index (κ2) is 5.74. The lowest BCUT2D eigenvalue weighted by Gasteiger charge is -2.21. The second-order valence-electron chi connectivity index (χ2n) is 5.49. The van der Waals surface area contributed by atoms with Crippen LogP contribution < -0.4 is 5.32 Å². The predicted molar refractivity (Wildman–Crippen MR) is 87.7 cm³/mol. The van der Waals surface area contributed by atoms with Crippen molar-refractivity contribution in [3.05, 3.63) is 58.4 Å². The molecule has 0 aliphatic heterocycles. The fourth-order valence-corrected chi connectivity index (χ4v) is 3.40. The van der Waals surface area contributed by atoms with E-state index in [1.807, 2.05) is 41.9 Å². The van der Waals surface area contributed by atoms with E-state index >= 15 is 0 Å². The summed E-state index contributed by atoms with van der Waals surface area (Å²) >= 11 is 1.68. The van der Waals surface area contributed by atoms with Gasteiger partial charge in [-0.25, -0.2) is 0 Å². The van der Waals surface area contributed by atoms with Gasteiger partial charge in [-0.15, -0.1) is 11.3 Å². The van der Waals surface area contributed by atoms with Gasteiger partial charge in [0.05, 0.1) is 6.04 Å².